The van der Waals surface area contributed by atoms with E-state index in [-0.39, 0.29) is 11.9 Å². The Hall–Kier alpha value is -1.78. The largest absolute Gasteiger partial charge is 0.324 e. The van der Waals surface area contributed by atoms with Crippen LogP contribution in [0.2, 0.25) is 0 Å². The van der Waals surface area contributed by atoms with Crippen molar-refractivity contribution < 1.29 is 4.39 Å². The van der Waals surface area contributed by atoms with E-state index in [0.717, 1.165) is 27.0 Å². The molecule has 2 heterocycles. The fourth-order valence-corrected chi connectivity index (χ4v) is 2.88. The van der Waals surface area contributed by atoms with E-state index in [9.17, 15) is 4.39 Å². The van der Waals surface area contributed by atoms with Crippen LogP contribution in [0.5, 0.6) is 0 Å². The van der Waals surface area contributed by atoms with E-state index < -0.39 is 0 Å². The lowest BCUT2D eigenvalue weighted by Crippen LogP contribution is -2.07. The van der Waals surface area contributed by atoms with Crippen molar-refractivity contribution in [1.29, 1.82) is 0 Å². The fourth-order valence-electron chi connectivity index (χ4n) is 2.13. The molecular formula is C15H13FN2S. The highest BCUT2D eigenvalue weighted by Gasteiger charge is 2.13. The van der Waals surface area contributed by atoms with E-state index in [1.807, 2.05) is 30.5 Å². The van der Waals surface area contributed by atoms with Crippen LogP contribution in [0.4, 0.5) is 4.39 Å². The monoisotopic (exact) mass is 272 g/mol. The topological polar surface area (TPSA) is 38.9 Å². The smallest absolute Gasteiger partial charge is 0.123 e. The van der Waals surface area contributed by atoms with Crippen LogP contribution in [0.25, 0.3) is 21.5 Å². The average molecular weight is 272 g/mol. The van der Waals surface area contributed by atoms with Gasteiger partial charge in [0.1, 0.15) is 10.6 Å². The quantitative estimate of drug-likeness (QED) is 0.762. The molecule has 1 aromatic carbocycles. The Morgan fingerprint density at radius 3 is 2.84 bits per heavy atom. The molecule has 0 saturated carbocycles. The summed E-state index contributed by atoms with van der Waals surface area (Å²) in [6.07, 6.45) is 0. The number of nitrogens with two attached hydrogens (primary N) is 1. The number of nitrogens with zero attached hydrogens (tertiary/aromatic N) is 1. The van der Waals surface area contributed by atoms with E-state index in [4.69, 9.17) is 5.73 Å². The number of aromatic nitrogens is 1. The van der Waals surface area contributed by atoms with Gasteiger partial charge in [-0.1, -0.05) is 12.1 Å². The standard InChI is InChI=1S/C15H13FN2S/c1-9(17)13-8-11-5-6-19-15(11)18-14(13)10-3-2-4-12(16)7-10/h2-9H,17H2,1H3. The van der Waals surface area contributed by atoms with Crippen molar-refractivity contribution in [3.05, 3.63) is 53.2 Å². The number of halogens is 1. The van der Waals surface area contributed by atoms with Crippen LogP contribution in [0, 0.1) is 5.82 Å². The minimum atomic E-state index is -0.263. The van der Waals surface area contributed by atoms with Gasteiger partial charge < -0.3 is 5.73 Å². The van der Waals surface area contributed by atoms with Crippen LogP contribution < -0.4 is 5.73 Å². The van der Waals surface area contributed by atoms with E-state index in [1.165, 1.54) is 12.1 Å². The Kier molecular flexibility index (Phi) is 3.05. The molecule has 1 atom stereocenters. The maximum atomic E-state index is 13.4. The van der Waals surface area contributed by atoms with Gasteiger partial charge in [0.15, 0.2) is 0 Å². The third-order valence-corrected chi connectivity index (χ3v) is 3.88. The Morgan fingerprint density at radius 1 is 1.26 bits per heavy atom. The zero-order valence-corrected chi connectivity index (χ0v) is 11.2. The first-order chi connectivity index (χ1) is 9.15. The first-order valence-electron chi connectivity index (χ1n) is 6.05. The lowest BCUT2D eigenvalue weighted by Gasteiger charge is -2.12. The highest BCUT2D eigenvalue weighted by molar-refractivity contribution is 7.16. The van der Waals surface area contributed by atoms with Gasteiger partial charge in [0, 0.05) is 17.0 Å². The summed E-state index contributed by atoms with van der Waals surface area (Å²) >= 11 is 1.58. The van der Waals surface area contributed by atoms with E-state index >= 15 is 0 Å². The molecule has 2 nitrogen and oxygen atoms in total. The molecule has 0 fully saturated rings. The summed E-state index contributed by atoms with van der Waals surface area (Å²) in [5, 5.41) is 3.08. The summed E-state index contributed by atoms with van der Waals surface area (Å²) in [5.74, 6) is -0.263. The number of thiophene rings is 1. The Morgan fingerprint density at radius 2 is 2.11 bits per heavy atom. The van der Waals surface area contributed by atoms with Crippen molar-refractivity contribution in [3.8, 4) is 11.3 Å². The summed E-state index contributed by atoms with van der Waals surface area (Å²) in [4.78, 5) is 5.59. The SMILES string of the molecule is CC(N)c1cc2ccsc2nc1-c1cccc(F)c1. The molecule has 19 heavy (non-hydrogen) atoms. The average Bonchev–Trinajstić information content (AvgIpc) is 2.84. The molecule has 3 rings (SSSR count). The second kappa shape index (κ2) is 4.72. The van der Waals surface area contributed by atoms with E-state index in [1.54, 1.807) is 17.4 Å². The molecule has 0 aliphatic rings. The number of hydrogen-bond acceptors (Lipinski definition) is 3. The molecule has 0 radical (unpaired) electrons. The first kappa shape index (κ1) is 12.3. The summed E-state index contributed by atoms with van der Waals surface area (Å²) < 4.78 is 13.4. The van der Waals surface area contributed by atoms with E-state index in [2.05, 4.69) is 4.98 Å². The number of pyridine rings is 1. The minimum absolute atomic E-state index is 0.143. The molecule has 0 aliphatic heterocycles. The molecule has 0 spiro atoms. The predicted molar refractivity (Wildman–Crippen MR) is 77.6 cm³/mol. The van der Waals surface area contributed by atoms with Crippen LogP contribution in [0.3, 0.4) is 0 Å². The van der Waals surface area contributed by atoms with Crippen molar-refractivity contribution in [2.75, 3.05) is 0 Å². The van der Waals surface area contributed by atoms with Crippen LogP contribution in [0.1, 0.15) is 18.5 Å². The lowest BCUT2D eigenvalue weighted by molar-refractivity contribution is 0.628. The molecule has 96 valence electrons. The zero-order chi connectivity index (χ0) is 13.4. The van der Waals surface area contributed by atoms with Gasteiger partial charge in [-0.2, -0.15) is 0 Å². The van der Waals surface area contributed by atoms with E-state index in [0.29, 0.717) is 0 Å². The molecule has 3 aromatic rings. The van der Waals surface area contributed by atoms with Gasteiger partial charge in [0.25, 0.3) is 0 Å². The molecular weight excluding hydrogens is 259 g/mol. The number of fused-ring (bicyclic) bond motifs is 1. The van der Waals surface area contributed by atoms with Crippen molar-refractivity contribution in [2.24, 2.45) is 5.73 Å². The van der Waals surface area contributed by atoms with Gasteiger partial charge >= 0.3 is 0 Å². The third kappa shape index (κ3) is 2.25. The van der Waals surface area contributed by atoms with Gasteiger partial charge in [-0.05, 0) is 42.1 Å². The number of rotatable bonds is 2. The van der Waals surface area contributed by atoms with Crippen molar-refractivity contribution in [1.82, 2.24) is 4.98 Å². The molecule has 0 aliphatic carbocycles. The van der Waals surface area contributed by atoms with Crippen LogP contribution in [-0.2, 0) is 0 Å². The first-order valence-corrected chi connectivity index (χ1v) is 6.93. The highest BCUT2D eigenvalue weighted by atomic mass is 32.1. The number of hydrogen-bond donors (Lipinski definition) is 1. The Labute approximate surface area is 114 Å². The summed E-state index contributed by atoms with van der Waals surface area (Å²) in [7, 11) is 0. The van der Waals surface area contributed by atoms with Gasteiger partial charge in [-0.25, -0.2) is 9.37 Å². The third-order valence-electron chi connectivity index (χ3n) is 3.06. The Bertz CT molecular complexity index is 734. The summed E-state index contributed by atoms with van der Waals surface area (Å²) in [6, 6.07) is 10.4. The van der Waals surface area contributed by atoms with Crippen molar-refractivity contribution in [3.63, 3.8) is 0 Å². The Balaban J connectivity index is 2.28. The minimum Gasteiger partial charge on any atom is -0.324 e. The second-order valence-electron chi connectivity index (χ2n) is 4.54. The molecule has 2 aromatic heterocycles. The van der Waals surface area contributed by atoms with Crippen LogP contribution in [-0.4, -0.2) is 4.98 Å². The number of benzene rings is 1. The second-order valence-corrected chi connectivity index (χ2v) is 5.43. The van der Waals surface area contributed by atoms with Crippen LogP contribution >= 0.6 is 11.3 Å². The molecule has 0 saturated heterocycles. The normalized spacial score (nSPS) is 12.8. The lowest BCUT2D eigenvalue weighted by atomic mass is 10.0. The van der Waals surface area contributed by atoms with Gasteiger partial charge in [-0.15, -0.1) is 11.3 Å². The fraction of sp³-hybridized carbons (Fsp3) is 0.133. The maximum Gasteiger partial charge on any atom is 0.123 e. The summed E-state index contributed by atoms with van der Waals surface area (Å²) in [5.41, 5.74) is 8.49. The predicted octanol–water partition coefficient (Wildman–Crippen LogP) is 4.12. The van der Waals surface area contributed by atoms with Gasteiger partial charge in [0.2, 0.25) is 0 Å². The zero-order valence-electron chi connectivity index (χ0n) is 10.4. The van der Waals surface area contributed by atoms with Crippen molar-refractivity contribution >= 4 is 21.6 Å². The van der Waals surface area contributed by atoms with Crippen molar-refractivity contribution in [2.45, 2.75) is 13.0 Å². The molecule has 2 N–H and O–H groups in total. The molecule has 4 heteroatoms. The molecule has 1 unspecified atom stereocenters. The highest BCUT2D eigenvalue weighted by Crippen LogP contribution is 2.31. The maximum absolute atomic E-state index is 13.4. The molecule has 0 bridgehead atoms. The summed E-state index contributed by atoms with van der Waals surface area (Å²) in [6.45, 7) is 1.91. The van der Waals surface area contributed by atoms with Gasteiger partial charge in [0.05, 0.1) is 5.69 Å². The molecule has 0 amide bonds. The van der Waals surface area contributed by atoms with Crippen LogP contribution in [0.15, 0.2) is 41.8 Å². The van der Waals surface area contributed by atoms with Gasteiger partial charge in [-0.3, -0.25) is 0 Å².